The van der Waals surface area contributed by atoms with E-state index in [4.69, 9.17) is 11.6 Å². The Bertz CT molecular complexity index is 603. The normalized spacial score (nSPS) is 26.6. The van der Waals surface area contributed by atoms with Crippen molar-refractivity contribution < 1.29 is 0 Å². The van der Waals surface area contributed by atoms with Crippen LogP contribution in [-0.2, 0) is 0 Å². The van der Waals surface area contributed by atoms with Crippen molar-refractivity contribution in [1.82, 2.24) is 0 Å². The fourth-order valence-electron chi connectivity index (χ4n) is 9.23. The smallest absolute Gasteiger partial charge is 0.0403 e. The van der Waals surface area contributed by atoms with Crippen LogP contribution in [0.15, 0.2) is 0 Å². The summed E-state index contributed by atoms with van der Waals surface area (Å²) in [4.78, 5) is 0. The highest BCUT2D eigenvalue weighted by Gasteiger charge is 2.57. The molecule has 4 aliphatic rings. The maximum atomic E-state index is 6.10. The molecule has 4 aliphatic carbocycles. The SMILES string of the molecule is CC(C)C1(C(C)C)CC1.CC(C)C1(C(C)C)CC1C.CC(C)C1(C(C)C)CC1Cl.CC(C)C1(C(C)C)CCC1. The second kappa shape index (κ2) is 14.2. The quantitative estimate of drug-likeness (QED) is 0.256. The van der Waals surface area contributed by atoms with E-state index in [-0.39, 0.29) is 0 Å². The molecular formula is C38H75Cl. The van der Waals surface area contributed by atoms with Gasteiger partial charge in [0.2, 0.25) is 0 Å². The molecule has 4 rings (SSSR count). The molecule has 4 fully saturated rings. The van der Waals surface area contributed by atoms with Crippen LogP contribution in [0.5, 0.6) is 0 Å². The Morgan fingerprint density at radius 1 is 0.436 bits per heavy atom. The van der Waals surface area contributed by atoms with Gasteiger partial charge in [-0.3, -0.25) is 0 Å². The largest absolute Gasteiger partial charge is 0.122 e. The number of rotatable bonds is 8. The van der Waals surface area contributed by atoms with Gasteiger partial charge < -0.3 is 0 Å². The Kier molecular flexibility index (Phi) is 13.6. The lowest BCUT2D eigenvalue weighted by Crippen LogP contribution is -2.39. The van der Waals surface area contributed by atoms with Crippen LogP contribution in [0, 0.1) is 74.9 Å². The van der Waals surface area contributed by atoms with Crippen molar-refractivity contribution in [3.05, 3.63) is 0 Å². The second-order valence-corrected chi connectivity index (χ2v) is 17.6. The Hall–Kier alpha value is 0.290. The van der Waals surface area contributed by atoms with E-state index in [1.807, 2.05) is 0 Å². The monoisotopic (exact) mass is 567 g/mol. The first-order valence-electron chi connectivity index (χ1n) is 17.4. The summed E-state index contributed by atoms with van der Waals surface area (Å²) in [5.41, 5.74) is 2.65. The van der Waals surface area contributed by atoms with E-state index in [0.717, 1.165) is 64.1 Å². The van der Waals surface area contributed by atoms with E-state index in [1.54, 1.807) is 0 Å². The zero-order chi connectivity index (χ0) is 30.7. The summed E-state index contributed by atoms with van der Waals surface area (Å²) >= 11 is 6.10. The van der Waals surface area contributed by atoms with Gasteiger partial charge in [0.1, 0.15) is 0 Å². The van der Waals surface area contributed by atoms with Gasteiger partial charge in [-0.2, -0.15) is 0 Å². The lowest BCUT2D eigenvalue weighted by Gasteiger charge is -2.49. The zero-order valence-corrected chi connectivity index (χ0v) is 30.9. The standard InChI is InChI=1S/2C10H20.C9H17Cl.C9H18/c1-7(2)10(8(3)4)6-9(10)5;1-8(2)10(9(3)4)6-5-7-10;1-6(2)9(7(3)4)5-8(9)10;1-7(2)9(5-6-9)8(3)4/h7-9H,6H2,1-5H3;8-9H,5-7H2,1-4H3;6-8H,5H2,1-4H3;7-8H,5-6H2,1-4H3. The Labute approximate surface area is 254 Å². The molecule has 234 valence electrons. The number of hydrogen-bond donors (Lipinski definition) is 0. The molecule has 0 spiro atoms. The minimum atomic E-state index is 0.451. The van der Waals surface area contributed by atoms with Crippen molar-refractivity contribution in [2.24, 2.45) is 74.9 Å². The molecule has 4 saturated carbocycles. The van der Waals surface area contributed by atoms with E-state index in [0.29, 0.717) is 16.2 Å². The summed E-state index contributed by atoms with van der Waals surface area (Å²) in [6.45, 7) is 39.9. The van der Waals surface area contributed by atoms with Crippen LogP contribution in [0.4, 0.5) is 0 Å². The molecule has 0 aromatic rings. The third kappa shape index (κ3) is 8.02. The fourth-order valence-corrected chi connectivity index (χ4v) is 10.0. The molecule has 0 nitrogen and oxygen atoms in total. The van der Waals surface area contributed by atoms with E-state index in [9.17, 15) is 0 Å². The molecule has 2 unspecified atom stereocenters. The van der Waals surface area contributed by atoms with Gasteiger partial charge in [0, 0.05) is 5.38 Å². The Balaban J connectivity index is 0.000000260. The number of halogens is 1. The van der Waals surface area contributed by atoms with Crippen molar-refractivity contribution in [2.45, 2.75) is 168 Å². The van der Waals surface area contributed by atoms with Gasteiger partial charge in [-0.05, 0) is 113 Å². The number of hydrogen-bond acceptors (Lipinski definition) is 0. The summed E-state index contributed by atoms with van der Waals surface area (Å²) < 4.78 is 0. The second-order valence-electron chi connectivity index (χ2n) is 17.1. The zero-order valence-electron chi connectivity index (χ0n) is 30.1. The van der Waals surface area contributed by atoms with E-state index in [2.05, 4.69) is 118 Å². The van der Waals surface area contributed by atoms with Gasteiger partial charge in [-0.25, -0.2) is 0 Å². The van der Waals surface area contributed by atoms with Gasteiger partial charge in [0.05, 0.1) is 0 Å². The third-order valence-corrected chi connectivity index (χ3v) is 13.9. The molecule has 2 atom stereocenters. The van der Waals surface area contributed by atoms with Gasteiger partial charge in [-0.1, -0.05) is 124 Å². The third-order valence-electron chi connectivity index (χ3n) is 13.4. The van der Waals surface area contributed by atoms with Crippen LogP contribution in [-0.4, -0.2) is 5.38 Å². The molecule has 0 aliphatic heterocycles. The average molecular weight is 567 g/mol. The first kappa shape index (κ1) is 37.3. The first-order chi connectivity index (χ1) is 17.7. The van der Waals surface area contributed by atoms with Crippen LogP contribution in [0.2, 0.25) is 0 Å². The maximum Gasteiger partial charge on any atom is 0.0403 e. The summed E-state index contributed by atoms with van der Waals surface area (Å²) in [6.07, 6.45) is 10.1. The summed E-state index contributed by atoms with van der Waals surface area (Å²) in [5, 5.41) is 0.451. The van der Waals surface area contributed by atoms with E-state index in [1.165, 1.54) is 44.9 Å². The average Bonchev–Trinajstić information content (AvgIpc) is 3.63. The molecule has 1 heteroatoms. The Morgan fingerprint density at radius 2 is 0.692 bits per heavy atom. The van der Waals surface area contributed by atoms with Gasteiger partial charge >= 0.3 is 0 Å². The van der Waals surface area contributed by atoms with Crippen LogP contribution in [0.25, 0.3) is 0 Å². The molecule has 0 bridgehead atoms. The molecular weight excluding hydrogens is 492 g/mol. The van der Waals surface area contributed by atoms with Crippen LogP contribution in [0.1, 0.15) is 163 Å². The van der Waals surface area contributed by atoms with E-state index >= 15 is 0 Å². The maximum absolute atomic E-state index is 6.10. The topological polar surface area (TPSA) is 0 Å². The predicted octanol–water partition coefficient (Wildman–Crippen LogP) is 13.2. The van der Waals surface area contributed by atoms with Crippen LogP contribution < -0.4 is 0 Å². The molecule has 0 N–H and O–H groups in total. The van der Waals surface area contributed by atoms with Crippen molar-refractivity contribution in [2.75, 3.05) is 0 Å². The molecule has 0 aromatic carbocycles. The molecule has 0 radical (unpaired) electrons. The minimum absolute atomic E-state index is 0.451. The summed E-state index contributed by atoms with van der Waals surface area (Å²) in [6, 6.07) is 0. The van der Waals surface area contributed by atoms with Crippen molar-refractivity contribution in [1.29, 1.82) is 0 Å². The van der Waals surface area contributed by atoms with Crippen molar-refractivity contribution in [3.63, 3.8) is 0 Å². The molecule has 0 aromatic heterocycles. The van der Waals surface area contributed by atoms with Gasteiger partial charge in [-0.15, -0.1) is 11.6 Å². The molecule has 39 heavy (non-hydrogen) atoms. The predicted molar refractivity (Wildman–Crippen MR) is 180 cm³/mol. The van der Waals surface area contributed by atoms with Crippen molar-refractivity contribution >= 4 is 11.6 Å². The Morgan fingerprint density at radius 3 is 0.692 bits per heavy atom. The summed E-state index contributed by atoms with van der Waals surface area (Å²) in [7, 11) is 0. The van der Waals surface area contributed by atoms with Crippen LogP contribution in [0.3, 0.4) is 0 Å². The minimum Gasteiger partial charge on any atom is -0.122 e. The molecule has 0 amide bonds. The first-order valence-corrected chi connectivity index (χ1v) is 17.8. The highest BCUT2D eigenvalue weighted by Crippen LogP contribution is 2.62. The lowest BCUT2D eigenvalue weighted by atomic mass is 9.56. The molecule has 0 heterocycles. The van der Waals surface area contributed by atoms with Crippen LogP contribution >= 0.6 is 11.6 Å². The highest BCUT2D eigenvalue weighted by molar-refractivity contribution is 6.23. The van der Waals surface area contributed by atoms with Crippen molar-refractivity contribution in [3.8, 4) is 0 Å². The van der Waals surface area contributed by atoms with Gasteiger partial charge in [0.15, 0.2) is 0 Å². The fraction of sp³-hybridized carbons (Fsp3) is 1.00. The number of alkyl halides is 1. The van der Waals surface area contributed by atoms with Gasteiger partial charge in [0.25, 0.3) is 0 Å². The van der Waals surface area contributed by atoms with E-state index < -0.39 is 0 Å². The molecule has 0 saturated heterocycles. The highest BCUT2D eigenvalue weighted by atomic mass is 35.5. The summed E-state index contributed by atoms with van der Waals surface area (Å²) in [5.74, 6) is 7.81. The lowest BCUT2D eigenvalue weighted by molar-refractivity contribution is 0.0135.